The molecule has 0 aliphatic carbocycles. The number of hydrogen-bond acceptors (Lipinski definition) is 0. The summed E-state index contributed by atoms with van der Waals surface area (Å²) in [7, 11) is -8.96. The summed E-state index contributed by atoms with van der Waals surface area (Å²) in [6, 6.07) is 0. The molecule has 0 saturated heterocycles. The number of rotatable bonds is 102. The summed E-state index contributed by atoms with van der Waals surface area (Å²) in [5.74, 6) is 0. The van der Waals surface area contributed by atoms with Crippen LogP contribution in [0.4, 0.5) is 17.3 Å². The maximum Gasteiger partial charge on any atom is 0.673 e. The van der Waals surface area contributed by atoms with E-state index in [1.807, 2.05) is 0 Å². The molecule has 0 fully saturated rings. The normalized spacial score (nSPS) is 12.1. The monoisotopic (exact) mass is 1680 g/mol. The lowest BCUT2D eigenvalue weighted by atomic mass is 10.0. The SMILES string of the molecule is CCCCCCCCCCCCCCCCCCP(CCCCCCCCCCCCCCCCCC)(CCCCCCCCCCCCCCCCCC)=[N+]=P(CCCCCCCCCCCCCCCCCC)(CCCCCCCCCCCCCCCCCC)CCCCCCCCCCCCCCCCCC.F[B-](F)(F)F. The van der Waals surface area contributed by atoms with Crippen molar-refractivity contribution >= 4 is 21.4 Å². The minimum Gasteiger partial charge on any atom is -0.418 e. The third-order valence-corrected chi connectivity index (χ3v) is 36.9. The molecule has 0 atom stereocenters. The van der Waals surface area contributed by atoms with E-state index < -0.39 is 21.4 Å². The van der Waals surface area contributed by atoms with E-state index in [4.69, 9.17) is 4.17 Å². The zero-order valence-electron chi connectivity index (χ0n) is 81.6. The van der Waals surface area contributed by atoms with Crippen LogP contribution in [0.3, 0.4) is 0 Å². The van der Waals surface area contributed by atoms with Crippen LogP contribution in [0.5, 0.6) is 0 Å². The maximum atomic E-state index is 9.75. The van der Waals surface area contributed by atoms with Crippen LogP contribution < -0.4 is 4.17 Å². The molecule has 0 unspecified atom stereocenters. The molecule has 700 valence electrons. The van der Waals surface area contributed by atoms with Crippen molar-refractivity contribution in [3.05, 3.63) is 0 Å². The lowest BCUT2D eigenvalue weighted by Crippen LogP contribution is -2.10. The minimum absolute atomic E-state index is 1.37. The Labute approximate surface area is 733 Å². The zero-order valence-corrected chi connectivity index (χ0v) is 83.3. The molecule has 0 rings (SSSR count). The van der Waals surface area contributed by atoms with Crippen molar-refractivity contribution in [2.75, 3.05) is 37.0 Å². The van der Waals surface area contributed by atoms with Gasteiger partial charge in [-0.25, -0.2) is 0 Å². The summed E-state index contributed by atoms with van der Waals surface area (Å²) >= 11 is 0. The molecule has 0 heterocycles. The number of halogens is 4. The summed E-state index contributed by atoms with van der Waals surface area (Å²) in [6.07, 6.45) is 151. The highest BCUT2D eigenvalue weighted by Crippen LogP contribution is 2.57. The average molecular weight is 1680 g/mol. The van der Waals surface area contributed by atoms with Crippen LogP contribution in [0, 0.1) is 0 Å². The van der Waals surface area contributed by atoms with Crippen LogP contribution >= 0.6 is 14.1 Å². The Morgan fingerprint density at radius 3 is 0.250 bits per heavy atom. The minimum atomic E-state index is -6.00. The van der Waals surface area contributed by atoms with Crippen LogP contribution in [-0.4, -0.2) is 44.2 Å². The van der Waals surface area contributed by atoms with Crippen molar-refractivity contribution in [2.24, 2.45) is 0 Å². The Bertz CT molecular complexity index is 1570. The number of hydrogen-bond donors (Lipinski definition) is 0. The summed E-state index contributed by atoms with van der Waals surface area (Å²) in [6.45, 7) is 14.1. The van der Waals surface area contributed by atoms with Gasteiger partial charge in [0.25, 0.3) is 0 Å². The largest absolute Gasteiger partial charge is 0.673 e. The Morgan fingerprint density at radius 1 is 0.121 bits per heavy atom. The van der Waals surface area contributed by atoms with Crippen molar-refractivity contribution in [3.8, 4) is 0 Å². The third kappa shape index (κ3) is 101. The van der Waals surface area contributed by atoms with Gasteiger partial charge in [-0.2, -0.15) is 4.17 Å². The first-order valence-corrected chi connectivity index (χ1v) is 60.0. The molecule has 1 nitrogen and oxygen atoms in total. The van der Waals surface area contributed by atoms with Gasteiger partial charge in [0.1, 0.15) is 0 Å². The average Bonchev–Trinajstić information content (AvgIpc) is 0.809. The quantitative estimate of drug-likeness (QED) is 0.0189. The van der Waals surface area contributed by atoms with E-state index in [1.54, 1.807) is 37.0 Å². The second-order valence-electron chi connectivity index (χ2n) is 38.9. The van der Waals surface area contributed by atoms with Gasteiger partial charge in [-0.3, -0.25) is 0 Å². The molecule has 0 aromatic rings. The Morgan fingerprint density at radius 2 is 0.181 bits per heavy atom. The standard InChI is InChI=1S/C108H222NP2.BF4/c1-7-13-19-25-31-37-43-49-55-61-67-73-79-85-91-97-103-110(104-98-92-86-80-74-68-62-56-50-44-38-32-26-20-14-8-2,105-99-93-87-81-75-69-63-57-51-45-39-33-27-21-15-9-3)109-111(106-100-94-88-82-76-70-64-58-52-46-40-34-28-22-16-10-4,107-101-95-89-83-77-71-65-59-53-47-41-35-29-23-17-11-5)108-102-96-90-84-78-72-66-60-54-48-42-36-30-24-18-12-6;2-1(3,4)5/h7-108H2,1-6H3;/q+1;-1. The summed E-state index contributed by atoms with van der Waals surface area (Å²) in [5.41, 5.74) is 0. The van der Waals surface area contributed by atoms with E-state index >= 15 is 0 Å². The van der Waals surface area contributed by atoms with E-state index in [0.29, 0.717) is 0 Å². The second-order valence-corrected chi connectivity index (χ2v) is 46.7. The van der Waals surface area contributed by atoms with Crippen molar-refractivity contribution in [3.63, 3.8) is 0 Å². The van der Waals surface area contributed by atoms with Gasteiger partial charge in [0.2, 0.25) is 14.1 Å². The zero-order chi connectivity index (χ0) is 84.3. The van der Waals surface area contributed by atoms with Gasteiger partial charge in [-0.15, -0.1) is 0 Å². The van der Waals surface area contributed by atoms with Crippen LogP contribution in [0.15, 0.2) is 0 Å². The van der Waals surface area contributed by atoms with E-state index in [9.17, 15) is 17.3 Å². The van der Waals surface area contributed by atoms with Crippen LogP contribution in [0.25, 0.3) is 0 Å². The Balaban J connectivity index is 0. The van der Waals surface area contributed by atoms with Crippen molar-refractivity contribution < 1.29 is 17.3 Å². The predicted molar refractivity (Wildman–Crippen MR) is 533 cm³/mol. The first-order chi connectivity index (χ1) is 57.1. The Kier molecular flexibility index (Phi) is 105. The second kappa shape index (κ2) is 102. The van der Waals surface area contributed by atoms with Gasteiger partial charge >= 0.3 is 7.25 Å². The molecule has 0 aliphatic rings. The maximum absolute atomic E-state index is 9.75. The first kappa shape index (κ1) is 118. The van der Waals surface area contributed by atoms with Crippen LogP contribution in [0.2, 0.25) is 0 Å². The lowest BCUT2D eigenvalue weighted by molar-refractivity contribution is 0.368. The van der Waals surface area contributed by atoms with Crippen molar-refractivity contribution in [1.82, 2.24) is 4.17 Å². The predicted octanol–water partition coefficient (Wildman–Crippen LogP) is 43.3. The molecule has 0 spiro atoms. The molecule has 0 aliphatic heterocycles. The highest BCUT2D eigenvalue weighted by atomic mass is 31.2. The highest BCUT2D eigenvalue weighted by Gasteiger charge is 2.35. The first-order valence-electron chi connectivity index (χ1n) is 55.4. The highest BCUT2D eigenvalue weighted by molar-refractivity contribution is 7.73. The van der Waals surface area contributed by atoms with Crippen LogP contribution in [0.1, 0.15) is 658 Å². The smallest absolute Gasteiger partial charge is 0.418 e. The van der Waals surface area contributed by atoms with Gasteiger partial charge in [0.05, 0.1) is 0 Å². The molecule has 0 aromatic heterocycles. The van der Waals surface area contributed by atoms with E-state index in [1.165, 1.54) is 616 Å². The van der Waals surface area contributed by atoms with Gasteiger partial charge in [0.15, 0.2) is 0 Å². The van der Waals surface area contributed by atoms with Gasteiger partial charge in [-0.1, -0.05) is 619 Å². The van der Waals surface area contributed by atoms with E-state index in [0.717, 1.165) is 0 Å². The lowest BCUT2D eigenvalue weighted by Gasteiger charge is -2.20. The third-order valence-electron chi connectivity index (χ3n) is 26.9. The van der Waals surface area contributed by atoms with E-state index in [-0.39, 0.29) is 0 Å². The van der Waals surface area contributed by atoms with Crippen LogP contribution in [-0.2, 0) is 0 Å². The van der Waals surface area contributed by atoms with Gasteiger partial charge < -0.3 is 17.3 Å². The fourth-order valence-corrected chi connectivity index (χ4v) is 30.6. The summed E-state index contributed by atoms with van der Waals surface area (Å²) in [4.78, 5) is 0. The molecule has 0 amide bonds. The summed E-state index contributed by atoms with van der Waals surface area (Å²) < 4.78 is 46.2. The van der Waals surface area contributed by atoms with Crippen molar-refractivity contribution in [2.45, 2.75) is 658 Å². The fraction of sp³-hybridized carbons (Fsp3) is 1.00. The number of nitrogens with zero attached hydrogens (tertiary/aromatic N) is 1. The summed E-state index contributed by atoms with van der Waals surface area (Å²) in [5, 5.41) is 0. The molecule has 0 N–H and O–H groups in total. The number of unbranched alkanes of at least 4 members (excludes halogenated alkanes) is 90. The molecule has 0 saturated carbocycles. The molecule has 0 bridgehead atoms. The molecular weight excluding hydrogens is 1460 g/mol. The van der Waals surface area contributed by atoms with Gasteiger partial charge in [0, 0.05) is 37.0 Å². The molecule has 0 radical (unpaired) electrons. The van der Waals surface area contributed by atoms with Crippen molar-refractivity contribution in [1.29, 1.82) is 0 Å². The topological polar surface area (TPSA) is 14.1 Å². The molecule has 8 heteroatoms. The fourth-order valence-electron chi connectivity index (χ4n) is 19.1. The molecule has 0 aromatic carbocycles. The van der Waals surface area contributed by atoms with Gasteiger partial charge in [-0.05, 0) is 38.5 Å². The van der Waals surface area contributed by atoms with E-state index in [2.05, 4.69) is 41.5 Å². The Hall–Kier alpha value is 0.355. The molecule has 116 heavy (non-hydrogen) atoms. The molecular formula is C108H222BF4NP2.